The van der Waals surface area contributed by atoms with Crippen molar-refractivity contribution in [2.45, 2.75) is 73.3 Å². The average Bonchev–Trinajstić information content (AvgIpc) is 3.65. The second kappa shape index (κ2) is 12.8. The van der Waals surface area contributed by atoms with Crippen LogP contribution in [0.2, 0.25) is 0 Å². The van der Waals surface area contributed by atoms with Gasteiger partial charge in [-0.3, -0.25) is 4.40 Å². The van der Waals surface area contributed by atoms with Crippen molar-refractivity contribution in [1.29, 1.82) is 0 Å². The van der Waals surface area contributed by atoms with E-state index in [1.807, 2.05) is 12.1 Å². The molecule has 0 aliphatic rings. The third kappa shape index (κ3) is 7.01. The number of aromatic nitrogens is 3. The normalized spacial score (nSPS) is 12.8. The van der Waals surface area contributed by atoms with E-state index in [2.05, 4.69) is 144 Å². The lowest BCUT2D eigenvalue weighted by Crippen LogP contribution is -2.56. The maximum atomic E-state index is 5.91. The van der Waals surface area contributed by atoms with Crippen molar-refractivity contribution in [3.63, 3.8) is 0 Å². The molecule has 5 aromatic rings. The molecule has 0 N–H and O–H groups in total. The van der Waals surface area contributed by atoms with E-state index in [0.717, 1.165) is 59.4 Å². The first-order valence-corrected chi connectivity index (χ1v) is 16.3. The largest absolute Gasteiger partial charge is 0.469 e. The fourth-order valence-corrected chi connectivity index (χ4v) is 5.94. The number of fused-ring (bicyclic) bond motifs is 1. The molecule has 0 saturated heterocycles. The molecule has 6 nitrogen and oxygen atoms in total. The van der Waals surface area contributed by atoms with Crippen molar-refractivity contribution in [1.82, 2.24) is 19.3 Å². The van der Waals surface area contributed by atoms with Crippen LogP contribution in [0.15, 0.2) is 89.7 Å². The van der Waals surface area contributed by atoms with Crippen LogP contribution in [-0.2, 0) is 12.8 Å². The summed E-state index contributed by atoms with van der Waals surface area (Å²) < 4.78 is 8.24. The third-order valence-corrected chi connectivity index (χ3v) is 10.2. The van der Waals surface area contributed by atoms with Gasteiger partial charge in [0.2, 0.25) is 0 Å². The lowest BCUT2D eigenvalue weighted by Gasteiger charge is -2.49. The van der Waals surface area contributed by atoms with Crippen LogP contribution in [0.1, 0.15) is 77.6 Å². The first-order chi connectivity index (χ1) is 21.3. The third-order valence-electron chi connectivity index (χ3n) is 10.2. The Bertz CT molecular complexity index is 1680. The van der Waals surface area contributed by atoms with Gasteiger partial charge in [-0.05, 0) is 57.5 Å². The Balaban J connectivity index is 1.79. The van der Waals surface area contributed by atoms with E-state index in [1.54, 1.807) is 6.26 Å². The molecule has 0 aliphatic carbocycles. The molecule has 0 saturated carbocycles. The first kappa shape index (κ1) is 32.5. The highest BCUT2D eigenvalue weighted by atomic mass is 16.3. The summed E-state index contributed by atoms with van der Waals surface area (Å²) in [4.78, 5) is 15.6. The van der Waals surface area contributed by atoms with Gasteiger partial charge in [-0.2, -0.15) is 0 Å². The minimum absolute atomic E-state index is 0.0570. The van der Waals surface area contributed by atoms with Crippen molar-refractivity contribution < 1.29 is 4.42 Å². The van der Waals surface area contributed by atoms with Gasteiger partial charge in [0.15, 0.2) is 5.65 Å². The topological polar surface area (TPSA) is 49.8 Å². The maximum absolute atomic E-state index is 5.91. The number of hydrogen-bond donors (Lipinski definition) is 0. The molecule has 45 heavy (non-hydrogen) atoms. The number of benzene rings is 2. The quantitative estimate of drug-likeness (QED) is 0.134. The van der Waals surface area contributed by atoms with Gasteiger partial charge in [0.1, 0.15) is 11.6 Å². The molecule has 238 valence electrons. The zero-order chi connectivity index (χ0) is 32.4. The minimum Gasteiger partial charge on any atom is -0.469 e. The molecule has 6 heteroatoms. The molecule has 0 amide bonds. The van der Waals surface area contributed by atoms with Gasteiger partial charge >= 0.3 is 0 Å². The molecular formula is C39H51N5O. The molecule has 5 rings (SSSR count). The lowest BCUT2D eigenvalue weighted by atomic mass is 9.73. The van der Waals surface area contributed by atoms with E-state index in [1.165, 1.54) is 5.56 Å². The SMILES string of the molecule is CCC(C)(C)CN(CC(C)(C)C(C)(C)N(C)C)c1c(Cc2ccco2)nc2c(Cc3ccccc3)nc(-c3ccccc3)cn12. The lowest BCUT2D eigenvalue weighted by molar-refractivity contribution is 0.0542. The summed E-state index contributed by atoms with van der Waals surface area (Å²) in [5.41, 5.74) is 6.11. The van der Waals surface area contributed by atoms with Crippen molar-refractivity contribution in [3.8, 4) is 11.3 Å². The fraction of sp³-hybridized carbons (Fsp3) is 0.436. The highest BCUT2D eigenvalue weighted by Gasteiger charge is 2.41. The monoisotopic (exact) mass is 605 g/mol. The summed E-state index contributed by atoms with van der Waals surface area (Å²) in [6.07, 6.45) is 6.32. The van der Waals surface area contributed by atoms with Gasteiger partial charge in [-0.15, -0.1) is 0 Å². The summed E-state index contributed by atoms with van der Waals surface area (Å²) in [6, 6.07) is 25.1. The standard InChI is InChI=1S/C39H51N5O/c1-10-37(2,3)27-43(28-38(4,5)39(6,7)42(8)9)36-33(25-31-22-17-23-45-31)41-35-32(24-29-18-13-11-14-19-29)40-34(26-44(35)36)30-20-15-12-16-21-30/h11-23,26H,10,24-25,27-28H2,1-9H3. The molecule has 0 bridgehead atoms. The highest BCUT2D eigenvalue weighted by Crippen LogP contribution is 2.39. The van der Waals surface area contributed by atoms with Crippen molar-refractivity contribution in [2.24, 2.45) is 10.8 Å². The van der Waals surface area contributed by atoms with E-state index in [4.69, 9.17) is 14.4 Å². The van der Waals surface area contributed by atoms with E-state index < -0.39 is 0 Å². The Morgan fingerprint density at radius 1 is 0.756 bits per heavy atom. The molecule has 0 spiro atoms. The smallest absolute Gasteiger partial charge is 0.160 e. The molecule has 2 aromatic carbocycles. The summed E-state index contributed by atoms with van der Waals surface area (Å²) in [5.74, 6) is 2.03. The number of hydrogen-bond acceptors (Lipinski definition) is 5. The van der Waals surface area contributed by atoms with Crippen LogP contribution in [-0.4, -0.2) is 52.0 Å². The molecule has 0 atom stereocenters. The highest BCUT2D eigenvalue weighted by molar-refractivity contribution is 5.66. The molecule has 0 aliphatic heterocycles. The first-order valence-electron chi connectivity index (χ1n) is 16.3. The molecule has 3 heterocycles. The molecule has 3 aromatic heterocycles. The Hall–Kier alpha value is -3.90. The zero-order valence-corrected chi connectivity index (χ0v) is 28.8. The number of furan rings is 1. The summed E-state index contributed by atoms with van der Waals surface area (Å²) in [6.45, 7) is 18.3. The molecular weight excluding hydrogens is 554 g/mol. The second-order valence-electron chi connectivity index (χ2n) is 14.6. The fourth-order valence-electron chi connectivity index (χ4n) is 5.94. The maximum Gasteiger partial charge on any atom is 0.160 e. The Morgan fingerprint density at radius 3 is 2.02 bits per heavy atom. The summed E-state index contributed by atoms with van der Waals surface area (Å²) in [7, 11) is 4.37. The average molecular weight is 606 g/mol. The minimum atomic E-state index is -0.0609. The van der Waals surface area contributed by atoms with E-state index in [0.29, 0.717) is 12.8 Å². The van der Waals surface area contributed by atoms with E-state index >= 15 is 0 Å². The van der Waals surface area contributed by atoms with Gasteiger partial charge in [0, 0.05) is 42.2 Å². The van der Waals surface area contributed by atoms with Crippen LogP contribution in [0.25, 0.3) is 16.9 Å². The van der Waals surface area contributed by atoms with Gasteiger partial charge in [0.25, 0.3) is 0 Å². The van der Waals surface area contributed by atoms with Crippen LogP contribution in [0.5, 0.6) is 0 Å². The number of rotatable bonds is 13. The van der Waals surface area contributed by atoms with E-state index in [9.17, 15) is 0 Å². The summed E-state index contributed by atoms with van der Waals surface area (Å²) >= 11 is 0. The van der Waals surface area contributed by atoms with Gasteiger partial charge < -0.3 is 14.2 Å². The Labute approximate surface area is 270 Å². The predicted octanol–water partition coefficient (Wildman–Crippen LogP) is 8.78. The Morgan fingerprint density at radius 2 is 1.42 bits per heavy atom. The number of nitrogens with zero attached hydrogens (tertiary/aromatic N) is 5. The van der Waals surface area contributed by atoms with Crippen molar-refractivity contribution >= 4 is 11.5 Å². The van der Waals surface area contributed by atoms with Crippen molar-refractivity contribution in [2.75, 3.05) is 32.1 Å². The van der Waals surface area contributed by atoms with Crippen molar-refractivity contribution in [3.05, 3.63) is 108 Å². The molecule has 0 fully saturated rings. The Kier molecular flexibility index (Phi) is 9.27. The zero-order valence-electron chi connectivity index (χ0n) is 28.8. The van der Waals surface area contributed by atoms with Crippen LogP contribution in [0.4, 0.5) is 5.82 Å². The van der Waals surface area contributed by atoms with Crippen LogP contribution >= 0.6 is 0 Å². The number of anilines is 1. The van der Waals surface area contributed by atoms with E-state index in [-0.39, 0.29) is 16.4 Å². The van der Waals surface area contributed by atoms with Gasteiger partial charge in [-0.25, -0.2) is 9.97 Å². The van der Waals surface area contributed by atoms with Crippen LogP contribution < -0.4 is 4.90 Å². The second-order valence-corrected chi connectivity index (χ2v) is 14.6. The predicted molar refractivity (Wildman–Crippen MR) is 187 cm³/mol. The molecule has 0 unspecified atom stereocenters. The van der Waals surface area contributed by atoms with Gasteiger partial charge in [-0.1, -0.05) is 95.3 Å². The summed E-state index contributed by atoms with van der Waals surface area (Å²) in [5, 5.41) is 0. The van der Waals surface area contributed by atoms with Gasteiger partial charge in [0.05, 0.1) is 29.8 Å². The van der Waals surface area contributed by atoms with Crippen LogP contribution in [0, 0.1) is 10.8 Å². The van der Waals surface area contributed by atoms with Crippen LogP contribution in [0.3, 0.4) is 0 Å². The molecule has 0 radical (unpaired) electrons. The number of imidazole rings is 1.